The average molecular weight is 415 g/mol. The van der Waals surface area contributed by atoms with Gasteiger partial charge in [0.15, 0.2) is 0 Å². The summed E-state index contributed by atoms with van der Waals surface area (Å²) in [6.07, 6.45) is 3.15. The van der Waals surface area contributed by atoms with Gasteiger partial charge in [0.05, 0.1) is 18.2 Å². The van der Waals surface area contributed by atoms with E-state index in [0.29, 0.717) is 12.2 Å². The van der Waals surface area contributed by atoms with E-state index in [0.717, 1.165) is 0 Å². The zero-order chi connectivity index (χ0) is 19.7. The van der Waals surface area contributed by atoms with Gasteiger partial charge >= 0.3 is 0 Å². The van der Waals surface area contributed by atoms with Crippen LogP contribution in [0.3, 0.4) is 0 Å². The van der Waals surface area contributed by atoms with Gasteiger partial charge in [-0.05, 0) is 30.7 Å². The monoisotopic (exact) mass is 414 g/mol. The van der Waals surface area contributed by atoms with E-state index < -0.39 is 20.0 Å². The molecule has 11 heteroatoms. The molecular formula is C16H22N4O5S2. The van der Waals surface area contributed by atoms with Crippen molar-refractivity contribution in [3.05, 3.63) is 36.7 Å². The summed E-state index contributed by atoms with van der Waals surface area (Å²) < 4.78 is 60.3. The van der Waals surface area contributed by atoms with Gasteiger partial charge in [-0.1, -0.05) is 0 Å². The van der Waals surface area contributed by atoms with Crippen LogP contribution < -0.4 is 4.74 Å². The molecule has 1 saturated heterocycles. The largest absolute Gasteiger partial charge is 0.497 e. The predicted molar refractivity (Wildman–Crippen MR) is 98.3 cm³/mol. The molecule has 1 aliphatic rings. The molecule has 2 aromatic rings. The van der Waals surface area contributed by atoms with Gasteiger partial charge in [0, 0.05) is 39.4 Å². The first-order chi connectivity index (χ1) is 12.7. The van der Waals surface area contributed by atoms with Gasteiger partial charge in [-0.2, -0.15) is 13.7 Å². The van der Waals surface area contributed by atoms with Crippen molar-refractivity contribution in [2.45, 2.75) is 16.2 Å². The summed E-state index contributed by atoms with van der Waals surface area (Å²) >= 11 is 0. The molecule has 9 nitrogen and oxygen atoms in total. The van der Waals surface area contributed by atoms with E-state index in [2.05, 4.69) is 5.10 Å². The molecule has 0 atom stereocenters. The first kappa shape index (κ1) is 19.8. The third-order valence-electron chi connectivity index (χ3n) is 4.43. The fraction of sp³-hybridized carbons (Fsp3) is 0.438. The maximum atomic E-state index is 12.9. The van der Waals surface area contributed by atoms with E-state index in [-0.39, 0.29) is 36.0 Å². The van der Waals surface area contributed by atoms with Crippen molar-refractivity contribution in [2.75, 3.05) is 33.3 Å². The third-order valence-corrected chi connectivity index (χ3v) is 8.19. The predicted octanol–water partition coefficient (Wildman–Crippen LogP) is 0.514. The number of benzene rings is 1. The van der Waals surface area contributed by atoms with E-state index in [1.807, 2.05) is 0 Å². The van der Waals surface area contributed by atoms with Crippen molar-refractivity contribution in [1.29, 1.82) is 0 Å². The lowest BCUT2D eigenvalue weighted by Crippen LogP contribution is -2.37. The van der Waals surface area contributed by atoms with Crippen LogP contribution in [0.5, 0.6) is 5.75 Å². The van der Waals surface area contributed by atoms with Crippen LogP contribution >= 0.6 is 0 Å². The van der Waals surface area contributed by atoms with Crippen LogP contribution in [0.4, 0.5) is 0 Å². The number of rotatable bonds is 5. The summed E-state index contributed by atoms with van der Waals surface area (Å²) in [6.45, 7) is 0.694. The summed E-state index contributed by atoms with van der Waals surface area (Å²) in [5, 5.41) is 3.90. The number of hydrogen-bond donors (Lipinski definition) is 0. The van der Waals surface area contributed by atoms with Gasteiger partial charge in [0.25, 0.3) is 0 Å². The quantitative estimate of drug-likeness (QED) is 0.707. The van der Waals surface area contributed by atoms with Crippen molar-refractivity contribution in [1.82, 2.24) is 18.4 Å². The van der Waals surface area contributed by atoms with Crippen molar-refractivity contribution in [2.24, 2.45) is 7.05 Å². The molecule has 0 radical (unpaired) electrons. The first-order valence-electron chi connectivity index (χ1n) is 8.38. The van der Waals surface area contributed by atoms with E-state index in [4.69, 9.17) is 4.74 Å². The highest BCUT2D eigenvalue weighted by atomic mass is 32.2. The second kappa shape index (κ2) is 7.58. The van der Waals surface area contributed by atoms with Gasteiger partial charge in [-0.25, -0.2) is 16.8 Å². The van der Waals surface area contributed by atoms with Crippen LogP contribution in [-0.2, 0) is 27.1 Å². The van der Waals surface area contributed by atoms with Crippen LogP contribution in [0.15, 0.2) is 46.5 Å². The molecule has 27 heavy (non-hydrogen) atoms. The Bertz CT molecular complexity index is 1000. The Morgan fingerprint density at radius 2 is 1.44 bits per heavy atom. The van der Waals surface area contributed by atoms with E-state index in [1.165, 1.54) is 44.9 Å². The standard InChI is InChI=1S/C16H22N4O5S2/c1-18-13-16(12-17-18)27(23,24)20-9-3-8-19(10-11-20)26(21,22)15-6-4-14(25-2)5-7-15/h4-7,12-13H,3,8-11H2,1-2H3. The summed E-state index contributed by atoms with van der Waals surface area (Å²) in [7, 11) is -4.24. The summed E-state index contributed by atoms with van der Waals surface area (Å²) in [5.74, 6) is 0.568. The molecular weight excluding hydrogens is 392 g/mol. The van der Waals surface area contributed by atoms with Gasteiger partial charge < -0.3 is 4.74 Å². The molecule has 1 aromatic heterocycles. The Morgan fingerprint density at radius 1 is 0.889 bits per heavy atom. The number of aryl methyl sites for hydroxylation is 1. The van der Waals surface area contributed by atoms with Gasteiger partial charge in [-0.3, -0.25) is 4.68 Å². The highest BCUT2D eigenvalue weighted by Crippen LogP contribution is 2.22. The molecule has 0 saturated carbocycles. The van der Waals surface area contributed by atoms with Crippen molar-refractivity contribution < 1.29 is 21.6 Å². The summed E-state index contributed by atoms with van der Waals surface area (Å²) in [5.41, 5.74) is 0. The molecule has 0 aliphatic carbocycles. The molecule has 0 bridgehead atoms. The molecule has 1 fully saturated rings. The number of hydrogen-bond acceptors (Lipinski definition) is 6. The summed E-state index contributed by atoms with van der Waals surface area (Å²) in [4.78, 5) is 0.267. The molecule has 0 unspecified atom stereocenters. The van der Waals surface area contributed by atoms with Crippen molar-refractivity contribution in [3.63, 3.8) is 0 Å². The lowest BCUT2D eigenvalue weighted by atomic mass is 10.3. The Balaban J connectivity index is 1.77. The van der Waals surface area contributed by atoms with E-state index >= 15 is 0 Å². The van der Waals surface area contributed by atoms with Crippen LogP contribution in [0.25, 0.3) is 0 Å². The number of nitrogens with zero attached hydrogens (tertiary/aromatic N) is 4. The minimum Gasteiger partial charge on any atom is -0.497 e. The molecule has 1 aliphatic heterocycles. The lowest BCUT2D eigenvalue weighted by molar-refractivity contribution is 0.404. The van der Waals surface area contributed by atoms with Crippen LogP contribution in [0.1, 0.15) is 6.42 Å². The number of methoxy groups -OCH3 is 1. The fourth-order valence-electron chi connectivity index (χ4n) is 2.93. The highest BCUT2D eigenvalue weighted by molar-refractivity contribution is 7.89. The molecule has 2 heterocycles. The fourth-order valence-corrected chi connectivity index (χ4v) is 5.85. The second-order valence-corrected chi connectivity index (χ2v) is 10.1. The smallest absolute Gasteiger partial charge is 0.246 e. The molecule has 148 valence electrons. The van der Waals surface area contributed by atoms with E-state index in [1.54, 1.807) is 19.2 Å². The normalized spacial score (nSPS) is 17.6. The lowest BCUT2D eigenvalue weighted by Gasteiger charge is -2.21. The zero-order valence-corrected chi connectivity index (χ0v) is 16.8. The molecule has 0 spiro atoms. The minimum atomic E-state index is -3.70. The Morgan fingerprint density at radius 3 is 1.93 bits per heavy atom. The van der Waals surface area contributed by atoms with Crippen LogP contribution in [-0.4, -0.2) is 68.5 Å². The van der Waals surface area contributed by atoms with Crippen LogP contribution in [0.2, 0.25) is 0 Å². The third kappa shape index (κ3) is 4.00. The van der Waals surface area contributed by atoms with Crippen molar-refractivity contribution >= 4 is 20.0 Å². The van der Waals surface area contributed by atoms with E-state index in [9.17, 15) is 16.8 Å². The van der Waals surface area contributed by atoms with Gasteiger partial charge in [0.1, 0.15) is 10.6 Å². The second-order valence-electron chi connectivity index (χ2n) is 6.19. The number of aromatic nitrogens is 2. The number of ether oxygens (including phenoxy) is 1. The van der Waals surface area contributed by atoms with Crippen LogP contribution in [0, 0.1) is 0 Å². The minimum absolute atomic E-state index is 0.0899. The Kier molecular flexibility index (Phi) is 5.56. The Labute approximate surface area is 159 Å². The maximum absolute atomic E-state index is 12.9. The number of sulfonamides is 2. The first-order valence-corrected chi connectivity index (χ1v) is 11.3. The Hall–Kier alpha value is -1.95. The highest BCUT2D eigenvalue weighted by Gasteiger charge is 2.32. The average Bonchev–Trinajstić information content (AvgIpc) is 2.93. The van der Waals surface area contributed by atoms with Crippen molar-refractivity contribution in [3.8, 4) is 5.75 Å². The SMILES string of the molecule is COc1ccc(S(=O)(=O)N2CCCN(S(=O)(=O)c3cnn(C)c3)CC2)cc1. The molecule has 0 amide bonds. The summed E-state index contributed by atoms with van der Waals surface area (Å²) in [6, 6.07) is 6.15. The van der Waals surface area contributed by atoms with Gasteiger partial charge in [-0.15, -0.1) is 0 Å². The molecule has 1 aromatic carbocycles. The molecule has 0 N–H and O–H groups in total. The zero-order valence-electron chi connectivity index (χ0n) is 15.1. The van der Waals surface area contributed by atoms with Gasteiger partial charge in [0.2, 0.25) is 20.0 Å². The topological polar surface area (TPSA) is 102 Å². The molecule has 3 rings (SSSR count). The maximum Gasteiger partial charge on any atom is 0.246 e.